The molecule has 0 bridgehead atoms. The predicted octanol–water partition coefficient (Wildman–Crippen LogP) is 2.45. The number of nitrogen functional groups attached to an aromatic ring is 1. The Hall–Kier alpha value is -1.34. The van der Waals surface area contributed by atoms with Gasteiger partial charge >= 0.3 is 5.97 Å². The number of aromatic carboxylic acids is 1. The maximum absolute atomic E-state index is 10.7. The molecule has 2 heterocycles. The highest BCUT2D eigenvalue weighted by Gasteiger charge is 2.17. The maximum Gasteiger partial charge on any atom is 0.357 e. The molecule has 2 rings (SSSR count). The van der Waals surface area contributed by atoms with Gasteiger partial charge in [-0.25, -0.2) is 9.78 Å². The number of nitrogens with zero attached hydrogens (tertiary/aromatic N) is 1. The molecule has 0 unspecified atom stereocenters. The van der Waals surface area contributed by atoms with E-state index < -0.39 is 5.97 Å². The van der Waals surface area contributed by atoms with Crippen LogP contribution in [0, 0.1) is 0 Å². The molecular weight excluding hydrogens is 284 g/mol. The van der Waals surface area contributed by atoms with Crippen molar-refractivity contribution in [3.05, 3.63) is 22.5 Å². The van der Waals surface area contributed by atoms with Crippen LogP contribution in [-0.4, -0.2) is 16.1 Å². The average molecular weight is 289 g/mol. The standard InChI is InChI=1S/C8H5BrN2O3S/c9-4-2-1-3(14-4)7-11-5(8(12)13)6(10)15-7/h1-2H,10H2,(H,12,13). The first-order valence-corrected chi connectivity index (χ1v) is 5.44. The predicted molar refractivity (Wildman–Crippen MR) is 58.9 cm³/mol. The van der Waals surface area contributed by atoms with E-state index in [1.807, 2.05) is 0 Å². The van der Waals surface area contributed by atoms with E-state index in [0.717, 1.165) is 11.3 Å². The lowest BCUT2D eigenvalue weighted by Gasteiger charge is -1.86. The fourth-order valence-electron chi connectivity index (χ4n) is 1.02. The SMILES string of the molecule is Nc1sc(-c2ccc(Br)o2)nc1C(=O)O. The Labute approximate surface area is 96.7 Å². The summed E-state index contributed by atoms with van der Waals surface area (Å²) in [4.78, 5) is 14.6. The molecule has 0 aliphatic heterocycles. The quantitative estimate of drug-likeness (QED) is 0.886. The van der Waals surface area contributed by atoms with Gasteiger partial charge in [-0.1, -0.05) is 11.3 Å². The van der Waals surface area contributed by atoms with Crippen molar-refractivity contribution in [2.75, 3.05) is 5.73 Å². The molecule has 78 valence electrons. The first-order valence-electron chi connectivity index (χ1n) is 3.83. The van der Waals surface area contributed by atoms with Crippen molar-refractivity contribution in [1.29, 1.82) is 0 Å². The van der Waals surface area contributed by atoms with E-state index in [9.17, 15) is 4.79 Å². The molecule has 0 aromatic carbocycles. The Morgan fingerprint density at radius 3 is 2.80 bits per heavy atom. The molecule has 0 saturated heterocycles. The van der Waals surface area contributed by atoms with E-state index in [1.54, 1.807) is 12.1 Å². The summed E-state index contributed by atoms with van der Waals surface area (Å²) in [6.07, 6.45) is 0. The summed E-state index contributed by atoms with van der Waals surface area (Å²) < 4.78 is 5.79. The highest BCUT2D eigenvalue weighted by molar-refractivity contribution is 9.10. The molecule has 0 fully saturated rings. The van der Waals surface area contributed by atoms with Crippen molar-refractivity contribution in [2.45, 2.75) is 0 Å². The molecule has 0 amide bonds. The molecule has 15 heavy (non-hydrogen) atoms. The Bertz CT molecular complexity index is 520. The van der Waals surface area contributed by atoms with Crippen molar-refractivity contribution in [2.24, 2.45) is 0 Å². The first-order chi connectivity index (χ1) is 7.08. The molecule has 0 aliphatic rings. The minimum atomic E-state index is -1.14. The number of furan rings is 1. The third-order valence-electron chi connectivity index (χ3n) is 1.64. The molecule has 3 N–H and O–H groups in total. The summed E-state index contributed by atoms with van der Waals surface area (Å²) in [5.74, 6) is -0.647. The van der Waals surface area contributed by atoms with Crippen molar-refractivity contribution >= 4 is 38.2 Å². The minimum Gasteiger partial charge on any atom is -0.476 e. The normalized spacial score (nSPS) is 10.5. The van der Waals surface area contributed by atoms with Crippen LogP contribution < -0.4 is 5.73 Å². The molecule has 0 saturated carbocycles. The molecule has 0 atom stereocenters. The van der Waals surface area contributed by atoms with E-state index in [-0.39, 0.29) is 10.7 Å². The van der Waals surface area contributed by atoms with Gasteiger partial charge in [-0.2, -0.15) is 0 Å². The number of carboxylic acids is 1. The van der Waals surface area contributed by atoms with Gasteiger partial charge < -0.3 is 15.3 Å². The number of carbonyl (C=O) groups is 1. The lowest BCUT2D eigenvalue weighted by atomic mass is 10.4. The van der Waals surface area contributed by atoms with E-state index in [1.165, 1.54) is 0 Å². The fourth-order valence-corrected chi connectivity index (χ4v) is 2.11. The number of hydrogen-bond acceptors (Lipinski definition) is 5. The second-order valence-electron chi connectivity index (χ2n) is 2.64. The Kier molecular flexibility index (Phi) is 2.49. The van der Waals surface area contributed by atoms with Crippen molar-refractivity contribution in [3.8, 4) is 10.8 Å². The van der Waals surface area contributed by atoms with Crippen molar-refractivity contribution in [3.63, 3.8) is 0 Å². The van der Waals surface area contributed by atoms with Gasteiger partial charge in [0.1, 0.15) is 5.00 Å². The monoisotopic (exact) mass is 288 g/mol. The Balaban J connectivity index is 2.46. The number of anilines is 1. The molecule has 0 spiro atoms. The summed E-state index contributed by atoms with van der Waals surface area (Å²) in [6, 6.07) is 3.39. The lowest BCUT2D eigenvalue weighted by molar-refractivity contribution is 0.0692. The number of rotatable bonds is 2. The highest BCUT2D eigenvalue weighted by Crippen LogP contribution is 2.32. The van der Waals surface area contributed by atoms with Gasteiger partial charge in [0, 0.05) is 0 Å². The van der Waals surface area contributed by atoms with E-state index in [4.69, 9.17) is 15.3 Å². The summed E-state index contributed by atoms with van der Waals surface area (Å²) in [7, 11) is 0. The first kappa shape index (κ1) is 10.2. The molecule has 0 radical (unpaired) electrons. The van der Waals surface area contributed by atoms with Crippen LogP contribution in [0.2, 0.25) is 0 Å². The maximum atomic E-state index is 10.7. The lowest BCUT2D eigenvalue weighted by Crippen LogP contribution is -2.00. The van der Waals surface area contributed by atoms with Crippen LogP contribution in [0.15, 0.2) is 21.2 Å². The molecule has 0 aliphatic carbocycles. The topological polar surface area (TPSA) is 89.4 Å². The molecule has 2 aromatic rings. The summed E-state index contributed by atoms with van der Waals surface area (Å²) in [6.45, 7) is 0. The number of nitrogens with two attached hydrogens (primary N) is 1. The van der Waals surface area contributed by atoms with Crippen LogP contribution in [-0.2, 0) is 0 Å². The summed E-state index contributed by atoms with van der Waals surface area (Å²) >= 11 is 4.23. The second kappa shape index (κ2) is 3.67. The van der Waals surface area contributed by atoms with Crippen LogP contribution >= 0.6 is 27.3 Å². The molecule has 5 nitrogen and oxygen atoms in total. The largest absolute Gasteiger partial charge is 0.476 e. The van der Waals surface area contributed by atoms with E-state index in [2.05, 4.69) is 20.9 Å². The third-order valence-corrected chi connectivity index (χ3v) is 2.97. The zero-order chi connectivity index (χ0) is 11.0. The zero-order valence-corrected chi connectivity index (χ0v) is 9.63. The van der Waals surface area contributed by atoms with Crippen LogP contribution in [0.3, 0.4) is 0 Å². The average Bonchev–Trinajstić information content (AvgIpc) is 2.71. The Morgan fingerprint density at radius 2 is 2.33 bits per heavy atom. The van der Waals surface area contributed by atoms with Gasteiger partial charge in [-0.15, -0.1) is 0 Å². The Morgan fingerprint density at radius 1 is 1.60 bits per heavy atom. The van der Waals surface area contributed by atoms with E-state index in [0.29, 0.717) is 15.4 Å². The number of aromatic nitrogens is 1. The van der Waals surface area contributed by atoms with Gasteiger partial charge in [0.2, 0.25) is 0 Å². The van der Waals surface area contributed by atoms with Gasteiger partial charge in [0.25, 0.3) is 0 Å². The van der Waals surface area contributed by atoms with E-state index >= 15 is 0 Å². The smallest absolute Gasteiger partial charge is 0.357 e. The highest BCUT2D eigenvalue weighted by atomic mass is 79.9. The molecular formula is C8H5BrN2O3S. The summed E-state index contributed by atoms with van der Waals surface area (Å²) in [5, 5.41) is 9.38. The van der Waals surface area contributed by atoms with Crippen LogP contribution in [0.1, 0.15) is 10.5 Å². The second-order valence-corrected chi connectivity index (χ2v) is 4.45. The van der Waals surface area contributed by atoms with Gasteiger partial charge in [0.05, 0.1) is 0 Å². The van der Waals surface area contributed by atoms with Gasteiger partial charge in [0.15, 0.2) is 21.1 Å². The summed E-state index contributed by atoms with van der Waals surface area (Å²) in [5.41, 5.74) is 5.37. The van der Waals surface area contributed by atoms with Crippen molar-refractivity contribution in [1.82, 2.24) is 4.98 Å². The number of halogens is 1. The number of hydrogen-bond donors (Lipinski definition) is 2. The van der Waals surface area contributed by atoms with Crippen LogP contribution in [0.4, 0.5) is 5.00 Å². The third kappa shape index (κ3) is 1.88. The molecule has 7 heteroatoms. The number of carboxylic acid groups (broad SMARTS) is 1. The molecule has 2 aromatic heterocycles. The van der Waals surface area contributed by atoms with Gasteiger partial charge in [-0.05, 0) is 28.1 Å². The van der Waals surface area contributed by atoms with Crippen LogP contribution in [0.25, 0.3) is 10.8 Å². The van der Waals surface area contributed by atoms with Crippen molar-refractivity contribution < 1.29 is 14.3 Å². The number of thiazole rings is 1. The fraction of sp³-hybridized carbons (Fsp3) is 0. The zero-order valence-electron chi connectivity index (χ0n) is 7.23. The van der Waals surface area contributed by atoms with Gasteiger partial charge in [-0.3, -0.25) is 0 Å². The van der Waals surface area contributed by atoms with Crippen LogP contribution in [0.5, 0.6) is 0 Å². The minimum absolute atomic E-state index is 0.137.